The largest absolute Gasteiger partial charge is 0.481 e. The van der Waals surface area contributed by atoms with E-state index in [1.807, 2.05) is 11.8 Å². The van der Waals surface area contributed by atoms with Crippen LogP contribution in [0.2, 0.25) is 5.02 Å². The number of rotatable bonds is 4. The van der Waals surface area contributed by atoms with Crippen LogP contribution in [-0.4, -0.2) is 41.5 Å². The molecule has 114 valence electrons. The molecular weight excluding hydrogens is 292 g/mol. The van der Waals surface area contributed by atoms with Crippen LogP contribution in [0.25, 0.3) is 0 Å². The van der Waals surface area contributed by atoms with Gasteiger partial charge in [-0.25, -0.2) is 0 Å². The van der Waals surface area contributed by atoms with Gasteiger partial charge in [0.2, 0.25) is 5.91 Å². The van der Waals surface area contributed by atoms with Crippen molar-refractivity contribution < 1.29 is 14.7 Å². The number of nitrogens with one attached hydrogen (secondary N) is 1. The molecule has 0 spiro atoms. The van der Waals surface area contributed by atoms with E-state index in [-0.39, 0.29) is 18.4 Å². The van der Waals surface area contributed by atoms with Crippen molar-refractivity contribution in [3.8, 4) is 0 Å². The zero-order valence-corrected chi connectivity index (χ0v) is 12.7. The predicted molar refractivity (Wildman–Crippen MR) is 81.6 cm³/mol. The van der Waals surface area contributed by atoms with Crippen molar-refractivity contribution in [2.75, 3.05) is 25.0 Å². The number of hydrogen-bond donors (Lipinski definition) is 2. The number of halogens is 1. The first-order valence-electron chi connectivity index (χ1n) is 6.97. The molecule has 1 aliphatic heterocycles. The Hall–Kier alpha value is -1.59. The molecule has 6 heteroatoms. The quantitative estimate of drug-likeness (QED) is 0.896. The van der Waals surface area contributed by atoms with Crippen LogP contribution in [0.15, 0.2) is 18.2 Å². The molecule has 1 unspecified atom stereocenters. The van der Waals surface area contributed by atoms with Crippen molar-refractivity contribution in [3.63, 3.8) is 0 Å². The molecule has 1 fully saturated rings. The van der Waals surface area contributed by atoms with Gasteiger partial charge in [-0.1, -0.05) is 11.6 Å². The van der Waals surface area contributed by atoms with Gasteiger partial charge in [-0.15, -0.1) is 0 Å². The number of carboxylic acids is 1. The number of hydrogen-bond acceptors (Lipinski definition) is 3. The zero-order valence-electron chi connectivity index (χ0n) is 11.9. The lowest BCUT2D eigenvalue weighted by Crippen LogP contribution is -2.42. The maximum absolute atomic E-state index is 12.1. The van der Waals surface area contributed by atoms with Crippen LogP contribution in [0.1, 0.15) is 18.4 Å². The minimum absolute atomic E-state index is 0.133. The van der Waals surface area contributed by atoms with E-state index < -0.39 is 5.97 Å². The lowest BCUT2D eigenvalue weighted by molar-refractivity contribution is -0.144. The first-order chi connectivity index (χ1) is 9.95. The number of carbonyl (C=O) groups is 2. The van der Waals surface area contributed by atoms with E-state index in [0.717, 1.165) is 24.2 Å². The molecule has 0 bridgehead atoms. The Balaban J connectivity index is 1.91. The first kappa shape index (κ1) is 15.8. The van der Waals surface area contributed by atoms with Crippen LogP contribution in [0.4, 0.5) is 5.69 Å². The van der Waals surface area contributed by atoms with Gasteiger partial charge in [0.15, 0.2) is 0 Å². The summed E-state index contributed by atoms with van der Waals surface area (Å²) in [5.74, 6) is -1.29. The third-order valence-corrected chi connectivity index (χ3v) is 3.92. The maximum atomic E-state index is 12.1. The first-order valence-corrected chi connectivity index (χ1v) is 7.34. The smallest absolute Gasteiger partial charge is 0.307 e. The van der Waals surface area contributed by atoms with Gasteiger partial charge in [-0.3, -0.25) is 14.5 Å². The van der Waals surface area contributed by atoms with Gasteiger partial charge in [0.25, 0.3) is 0 Å². The van der Waals surface area contributed by atoms with E-state index in [1.54, 1.807) is 18.2 Å². The van der Waals surface area contributed by atoms with Crippen LogP contribution in [0.3, 0.4) is 0 Å². The van der Waals surface area contributed by atoms with Gasteiger partial charge in [-0.2, -0.15) is 0 Å². The Morgan fingerprint density at radius 2 is 2.24 bits per heavy atom. The second-order valence-corrected chi connectivity index (χ2v) is 5.86. The van der Waals surface area contributed by atoms with Crippen molar-refractivity contribution in [2.45, 2.75) is 19.8 Å². The average molecular weight is 311 g/mol. The van der Waals surface area contributed by atoms with Gasteiger partial charge in [-0.05, 0) is 50.1 Å². The highest BCUT2D eigenvalue weighted by Gasteiger charge is 2.26. The van der Waals surface area contributed by atoms with Crippen LogP contribution in [0, 0.1) is 12.8 Å². The molecule has 1 amide bonds. The van der Waals surface area contributed by atoms with Crippen LogP contribution in [-0.2, 0) is 9.59 Å². The third kappa shape index (κ3) is 4.44. The topological polar surface area (TPSA) is 69.6 Å². The average Bonchev–Trinajstić information content (AvgIpc) is 2.42. The fourth-order valence-electron chi connectivity index (χ4n) is 2.56. The molecule has 1 atom stereocenters. The Morgan fingerprint density at radius 3 is 2.90 bits per heavy atom. The van der Waals surface area contributed by atoms with E-state index in [9.17, 15) is 9.59 Å². The van der Waals surface area contributed by atoms with E-state index in [1.165, 1.54) is 0 Å². The van der Waals surface area contributed by atoms with Crippen LogP contribution < -0.4 is 5.32 Å². The summed E-state index contributed by atoms with van der Waals surface area (Å²) in [5, 5.41) is 12.5. The van der Waals surface area contributed by atoms with Gasteiger partial charge >= 0.3 is 5.97 Å². The number of anilines is 1. The minimum Gasteiger partial charge on any atom is -0.481 e. The molecule has 2 N–H and O–H groups in total. The molecule has 1 aromatic rings. The SMILES string of the molecule is Cc1cc(Cl)ccc1NC(=O)CN1CCCC(C(=O)O)C1. The highest BCUT2D eigenvalue weighted by Crippen LogP contribution is 2.20. The Labute approximate surface area is 128 Å². The van der Waals surface area contributed by atoms with Crippen LogP contribution >= 0.6 is 11.6 Å². The fraction of sp³-hybridized carbons (Fsp3) is 0.467. The molecule has 0 radical (unpaired) electrons. The number of carbonyl (C=O) groups excluding carboxylic acids is 1. The summed E-state index contributed by atoms with van der Waals surface area (Å²) in [7, 11) is 0. The molecule has 21 heavy (non-hydrogen) atoms. The van der Waals surface area contributed by atoms with Gasteiger partial charge in [0.05, 0.1) is 12.5 Å². The lowest BCUT2D eigenvalue weighted by Gasteiger charge is -2.30. The molecule has 1 aromatic carbocycles. The summed E-state index contributed by atoms with van der Waals surface area (Å²) >= 11 is 5.88. The van der Waals surface area contributed by atoms with Gasteiger partial charge in [0.1, 0.15) is 0 Å². The molecular formula is C15H19ClN2O3. The van der Waals surface area contributed by atoms with Crippen molar-refractivity contribution in [2.24, 2.45) is 5.92 Å². The molecule has 5 nitrogen and oxygen atoms in total. The Morgan fingerprint density at radius 1 is 1.48 bits per heavy atom. The third-order valence-electron chi connectivity index (χ3n) is 3.68. The zero-order chi connectivity index (χ0) is 15.4. The van der Waals surface area contributed by atoms with E-state index in [2.05, 4.69) is 5.32 Å². The fourth-order valence-corrected chi connectivity index (χ4v) is 2.79. The number of piperidine rings is 1. The number of benzene rings is 1. The molecule has 1 heterocycles. The molecule has 0 aliphatic carbocycles. The Kier molecular flexibility index (Phi) is 5.20. The van der Waals surface area contributed by atoms with E-state index >= 15 is 0 Å². The van der Waals surface area contributed by atoms with Crippen molar-refractivity contribution in [3.05, 3.63) is 28.8 Å². The lowest BCUT2D eigenvalue weighted by atomic mass is 9.98. The summed E-state index contributed by atoms with van der Waals surface area (Å²) in [4.78, 5) is 25.0. The second-order valence-electron chi connectivity index (χ2n) is 5.42. The summed E-state index contributed by atoms with van der Waals surface area (Å²) in [6.07, 6.45) is 1.49. The number of likely N-dealkylation sites (tertiary alicyclic amines) is 1. The van der Waals surface area contributed by atoms with Crippen LogP contribution in [0.5, 0.6) is 0 Å². The minimum atomic E-state index is -0.784. The second kappa shape index (κ2) is 6.91. The normalized spacial score (nSPS) is 19.2. The molecule has 1 aliphatic rings. The van der Waals surface area contributed by atoms with Gasteiger partial charge in [0, 0.05) is 17.3 Å². The summed E-state index contributed by atoms with van der Waals surface area (Å²) < 4.78 is 0. The highest BCUT2D eigenvalue weighted by atomic mass is 35.5. The number of carboxylic acid groups (broad SMARTS) is 1. The standard InChI is InChI=1S/C15H19ClN2O3/c1-10-7-12(16)4-5-13(10)17-14(19)9-18-6-2-3-11(8-18)15(20)21/h4-5,7,11H,2-3,6,8-9H2,1H3,(H,17,19)(H,20,21). The summed E-state index contributed by atoms with van der Waals surface area (Å²) in [5.41, 5.74) is 1.63. The molecule has 2 rings (SSSR count). The number of aliphatic carboxylic acids is 1. The van der Waals surface area contributed by atoms with E-state index in [4.69, 9.17) is 16.7 Å². The number of amides is 1. The molecule has 1 saturated heterocycles. The number of aryl methyl sites for hydroxylation is 1. The maximum Gasteiger partial charge on any atom is 0.307 e. The number of nitrogens with zero attached hydrogens (tertiary/aromatic N) is 1. The molecule has 0 saturated carbocycles. The van der Waals surface area contributed by atoms with Crippen molar-refractivity contribution >= 4 is 29.2 Å². The highest BCUT2D eigenvalue weighted by molar-refractivity contribution is 6.30. The summed E-state index contributed by atoms with van der Waals surface area (Å²) in [6.45, 7) is 3.29. The van der Waals surface area contributed by atoms with Crippen molar-refractivity contribution in [1.82, 2.24) is 4.90 Å². The Bertz CT molecular complexity index is 548. The monoisotopic (exact) mass is 310 g/mol. The van der Waals surface area contributed by atoms with E-state index in [0.29, 0.717) is 18.0 Å². The molecule has 0 aromatic heterocycles. The van der Waals surface area contributed by atoms with Gasteiger partial charge < -0.3 is 10.4 Å². The van der Waals surface area contributed by atoms with Crippen molar-refractivity contribution in [1.29, 1.82) is 0 Å². The predicted octanol–water partition coefficient (Wildman–Crippen LogP) is 2.38. The summed E-state index contributed by atoms with van der Waals surface area (Å²) in [6, 6.07) is 5.29.